The molecule has 1 atom stereocenters. The highest BCUT2D eigenvalue weighted by Crippen LogP contribution is 2.36. The molecule has 0 saturated carbocycles. The van der Waals surface area contributed by atoms with Gasteiger partial charge in [-0.2, -0.15) is 10.5 Å². The third-order valence-electron chi connectivity index (χ3n) is 3.94. The van der Waals surface area contributed by atoms with E-state index in [9.17, 15) is 20.4 Å². The van der Waals surface area contributed by atoms with E-state index in [-0.39, 0.29) is 39.7 Å². The van der Waals surface area contributed by atoms with Crippen LogP contribution in [-0.2, 0) is 0 Å². The summed E-state index contributed by atoms with van der Waals surface area (Å²) in [6.07, 6.45) is 0.887. The molecule has 23 heavy (non-hydrogen) atoms. The van der Waals surface area contributed by atoms with E-state index in [1.807, 2.05) is 19.9 Å². The lowest BCUT2D eigenvalue weighted by molar-refractivity contribution is 0.477. The lowest BCUT2D eigenvalue weighted by Crippen LogP contribution is -2.16. The first kappa shape index (κ1) is 16.1. The Morgan fingerprint density at radius 3 is 2.52 bits per heavy atom. The Hall–Kier alpha value is -3.25. The van der Waals surface area contributed by atoms with Crippen molar-refractivity contribution in [2.45, 2.75) is 26.2 Å². The number of hydrogen-bond acceptors (Lipinski definition) is 5. The van der Waals surface area contributed by atoms with Crippen LogP contribution in [0.1, 0.15) is 42.9 Å². The molecule has 0 spiro atoms. The number of nitrogens with two attached hydrogens (primary N) is 1. The molecule has 6 nitrogen and oxygen atoms in total. The van der Waals surface area contributed by atoms with Crippen LogP contribution in [0.5, 0.6) is 5.75 Å². The molecule has 0 bridgehead atoms. The van der Waals surface area contributed by atoms with Crippen LogP contribution in [0.2, 0.25) is 0 Å². The Bertz CT molecular complexity index is 901. The van der Waals surface area contributed by atoms with E-state index < -0.39 is 5.56 Å². The second-order valence-electron chi connectivity index (χ2n) is 5.30. The van der Waals surface area contributed by atoms with Gasteiger partial charge in [-0.15, -0.1) is 0 Å². The first-order valence-electron chi connectivity index (χ1n) is 7.13. The van der Waals surface area contributed by atoms with Crippen molar-refractivity contribution in [2.24, 2.45) is 0 Å². The SMILES string of the molecule is CCC(C)c1ccc(O)c(-c2c(C#N)c(N)[nH]c(=O)c2C#N)c1. The summed E-state index contributed by atoms with van der Waals surface area (Å²) in [5.74, 6) is -0.0142. The maximum absolute atomic E-state index is 12.0. The van der Waals surface area contributed by atoms with Gasteiger partial charge in [0.15, 0.2) is 0 Å². The van der Waals surface area contributed by atoms with E-state index in [0.717, 1.165) is 12.0 Å². The zero-order chi connectivity index (χ0) is 17.1. The number of anilines is 1. The highest BCUT2D eigenvalue weighted by Gasteiger charge is 2.21. The van der Waals surface area contributed by atoms with Crippen molar-refractivity contribution >= 4 is 5.82 Å². The average molecular weight is 308 g/mol. The number of rotatable bonds is 3. The van der Waals surface area contributed by atoms with E-state index in [2.05, 4.69) is 4.98 Å². The van der Waals surface area contributed by atoms with Gasteiger partial charge in [-0.05, 0) is 30.0 Å². The fraction of sp³-hybridized carbons (Fsp3) is 0.235. The van der Waals surface area contributed by atoms with E-state index in [1.165, 1.54) is 6.07 Å². The van der Waals surface area contributed by atoms with Gasteiger partial charge >= 0.3 is 0 Å². The molecule has 4 N–H and O–H groups in total. The third kappa shape index (κ3) is 2.75. The predicted octanol–water partition coefficient (Wildman–Crippen LogP) is 2.59. The summed E-state index contributed by atoms with van der Waals surface area (Å²) in [4.78, 5) is 14.3. The molecule has 1 heterocycles. The van der Waals surface area contributed by atoms with Gasteiger partial charge in [0.1, 0.15) is 34.8 Å². The van der Waals surface area contributed by atoms with Gasteiger partial charge < -0.3 is 15.8 Å². The van der Waals surface area contributed by atoms with Crippen LogP contribution < -0.4 is 11.3 Å². The first-order chi connectivity index (χ1) is 10.9. The van der Waals surface area contributed by atoms with E-state index in [4.69, 9.17) is 5.73 Å². The maximum atomic E-state index is 12.0. The lowest BCUT2D eigenvalue weighted by Gasteiger charge is -2.14. The summed E-state index contributed by atoms with van der Waals surface area (Å²) in [6.45, 7) is 4.06. The summed E-state index contributed by atoms with van der Waals surface area (Å²) in [6, 6.07) is 8.66. The topological polar surface area (TPSA) is 127 Å². The number of hydrogen-bond donors (Lipinski definition) is 3. The molecule has 2 aromatic rings. The molecule has 0 fully saturated rings. The molecule has 2 rings (SSSR count). The zero-order valence-electron chi connectivity index (χ0n) is 12.8. The molecular weight excluding hydrogens is 292 g/mol. The van der Waals surface area contributed by atoms with Crippen molar-refractivity contribution in [1.82, 2.24) is 4.98 Å². The summed E-state index contributed by atoms with van der Waals surface area (Å²) >= 11 is 0. The molecular formula is C17H16N4O2. The number of nitriles is 2. The largest absolute Gasteiger partial charge is 0.507 e. The third-order valence-corrected chi connectivity index (χ3v) is 3.94. The fourth-order valence-electron chi connectivity index (χ4n) is 2.41. The molecule has 0 aliphatic carbocycles. The molecule has 6 heteroatoms. The van der Waals surface area contributed by atoms with Crippen LogP contribution in [0, 0.1) is 22.7 Å². The highest BCUT2D eigenvalue weighted by molar-refractivity contribution is 5.83. The number of pyridine rings is 1. The van der Waals surface area contributed by atoms with E-state index in [1.54, 1.807) is 18.2 Å². The molecule has 0 aliphatic heterocycles. The van der Waals surface area contributed by atoms with Crippen LogP contribution >= 0.6 is 0 Å². The highest BCUT2D eigenvalue weighted by atomic mass is 16.3. The minimum atomic E-state index is -0.688. The number of nitrogen functional groups attached to an aromatic ring is 1. The monoisotopic (exact) mass is 308 g/mol. The summed E-state index contributed by atoms with van der Waals surface area (Å²) in [5, 5.41) is 28.8. The number of H-pyrrole nitrogens is 1. The molecule has 0 saturated heterocycles. The van der Waals surface area contributed by atoms with Crippen LogP contribution in [0.25, 0.3) is 11.1 Å². The Labute approximate surface area is 133 Å². The Kier molecular flexibility index (Phi) is 4.38. The number of nitrogens with one attached hydrogen (secondary N) is 1. The average Bonchev–Trinajstić information content (AvgIpc) is 2.54. The van der Waals surface area contributed by atoms with Gasteiger partial charge in [0, 0.05) is 11.1 Å². The van der Waals surface area contributed by atoms with Gasteiger partial charge in [-0.3, -0.25) is 4.79 Å². The number of benzene rings is 1. The van der Waals surface area contributed by atoms with Crippen LogP contribution in [0.15, 0.2) is 23.0 Å². The Morgan fingerprint density at radius 1 is 1.30 bits per heavy atom. The maximum Gasteiger partial charge on any atom is 0.268 e. The Balaban J connectivity index is 2.90. The zero-order valence-corrected chi connectivity index (χ0v) is 12.8. The predicted molar refractivity (Wildman–Crippen MR) is 86.7 cm³/mol. The van der Waals surface area contributed by atoms with Crippen LogP contribution in [0.4, 0.5) is 5.82 Å². The normalized spacial score (nSPS) is 11.5. The van der Waals surface area contributed by atoms with Crippen molar-refractivity contribution in [3.63, 3.8) is 0 Å². The van der Waals surface area contributed by atoms with Crippen molar-refractivity contribution in [3.05, 3.63) is 45.2 Å². The number of aromatic hydroxyl groups is 1. The Morgan fingerprint density at radius 2 is 1.96 bits per heavy atom. The molecule has 0 radical (unpaired) electrons. The van der Waals surface area contributed by atoms with Gasteiger partial charge in [-0.1, -0.05) is 19.9 Å². The van der Waals surface area contributed by atoms with Crippen molar-refractivity contribution < 1.29 is 5.11 Å². The number of aromatic amines is 1. The van der Waals surface area contributed by atoms with Crippen molar-refractivity contribution in [2.75, 3.05) is 5.73 Å². The van der Waals surface area contributed by atoms with Gasteiger partial charge in [-0.25, -0.2) is 0 Å². The minimum Gasteiger partial charge on any atom is -0.507 e. The van der Waals surface area contributed by atoms with Crippen LogP contribution in [0.3, 0.4) is 0 Å². The molecule has 1 aromatic heterocycles. The standard InChI is InChI=1S/C17H16N4O2/c1-3-9(2)10-4-5-14(22)11(6-10)15-12(7-18)16(20)21-17(23)13(15)8-19/h4-6,9,22H,3H2,1-2H3,(H3,20,21,23). The molecule has 0 amide bonds. The van der Waals surface area contributed by atoms with Crippen LogP contribution in [-0.4, -0.2) is 10.1 Å². The van der Waals surface area contributed by atoms with E-state index in [0.29, 0.717) is 0 Å². The number of phenols is 1. The molecule has 116 valence electrons. The summed E-state index contributed by atoms with van der Waals surface area (Å²) in [5.41, 5.74) is 6.00. The minimum absolute atomic E-state index is 0.0299. The first-order valence-corrected chi connectivity index (χ1v) is 7.13. The number of nitrogens with zero attached hydrogens (tertiary/aromatic N) is 2. The van der Waals surface area contributed by atoms with Gasteiger partial charge in [0.2, 0.25) is 0 Å². The fourth-order valence-corrected chi connectivity index (χ4v) is 2.41. The number of aromatic nitrogens is 1. The van der Waals surface area contributed by atoms with Gasteiger partial charge in [0.05, 0.1) is 0 Å². The second kappa shape index (κ2) is 6.25. The quantitative estimate of drug-likeness (QED) is 0.803. The van der Waals surface area contributed by atoms with E-state index >= 15 is 0 Å². The van der Waals surface area contributed by atoms with Gasteiger partial charge in [0.25, 0.3) is 5.56 Å². The smallest absolute Gasteiger partial charge is 0.268 e. The molecule has 0 aliphatic rings. The van der Waals surface area contributed by atoms with Crippen molar-refractivity contribution in [1.29, 1.82) is 10.5 Å². The summed E-state index contributed by atoms with van der Waals surface area (Å²) < 4.78 is 0. The lowest BCUT2D eigenvalue weighted by atomic mass is 9.91. The summed E-state index contributed by atoms with van der Waals surface area (Å²) in [7, 11) is 0. The molecule has 1 aromatic carbocycles. The number of phenolic OH excluding ortho intramolecular Hbond substituents is 1. The molecule has 1 unspecified atom stereocenters. The second-order valence-corrected chi connectivity index (χ2v) is 5.30. The van der Waals surface area contributed by atoms with Crippen molar-refractivity contribution in [3.8, 4) is 29.0 Å².